The van der Waals surface area contributed by atoms with Crippen molar-refractivity contribution in [2.45, 2.75) is 38.6 Å². The van der Waals surface area contributed by atoms with Gasteiger partial charge in [0.25, 0.3) is 5.91 Å². The van der Waals surface area contributed by atoms with Gasteiger partial charge >= 0.3 is 5.97 Å². The van der Waals surface area contributed by atoms with E-state index in [1.54, 1.807) is 11.8 Å². The minimum atomic E-state index is -0.862. The summed E-state index contributed by atoms with van der Waals surface area (Å²) in [6, 6.07) is -0.203. The highest BCUT2D eigenvalue weighted by molar-refractivity contribution is 7.07. The van der Waals surface area contributed by atoms with Crippen LogP contribution in [0.15, 0.2) is 0 Å². The lowest BCUT2D eigenvalue weighted by Crippen LogP contribution is -2.44. The number of hydrogen-bond acceptors (Lipinski definition) is 5. The molecule has 1 unspecified atom stereocenters. The van der Waals surface area contributed by atoms with E-state index in [1.807, 2.05) is 0 Å². The monoisotopic (exact) mass is 269 g/mol. The minimum absolute atomic E-state index is 0.0109. The third-order valence-corrected chi connectivity index (χ3v) is 3.96. The van der Waals surface area contributed by atoms with E-state index in [-0.39, 0.29) is 18.4 Å². The highest BCUT2D eigenvalue weighted by Crippen LogP contribution is 2.23. The molecule has 1 N–H and O–H groups in total. The molecule has 6 nitrogen and oxygen atoms in total. The molecule has 1 aliphatic rings. The van der Waals surface area contributed by atoms with Gasteiger partial charge in [0, 0.05) is 12.6 Å². The number of carbonyl (C=O) groups is 2. The number of hydrogen-bond donors (Lipinski definition) is 1. The van der Waals surface area contributed by atoms with Crippen LogP contribution in [0.2, 0.25) is 0 Å². The Labute approximate surface area is 109 Å². The van der Waals surface area contributed by atoms with E-state index < -0.39 is 5.97 Å². The summed E-state index contributed by atoms with van der Waals surface area (Å²) in [6.07, 6.45) is 2.66. The fourth-order valence-electron chi connectivity index (χ4n) is 2.24. The van der Waals surface area contributed by atoms with Gasteiger partial charge in [-0.25, -0.2) is 0 Å². The lowest BCUT2D eigenvalue weighted by molar-refractivity contribution is -0.138. The Hall–Kier alpha value is -1.50. The van der Waals surface area contributed by atoms with Crippen LogP contribution in [0.1, 0.15) is 41.0 Å². The van der Waals surface area contributed by atoms with Crippen LogP contribution in [0.3, 0.4) is 0 Å². The number of aromatic nitrogens is 2. The third-order valence-electron chi connectivity index (χ3n) is 3.14. The zero-order valence-corrected chi connectivity index (χ0v) is 10.9. The maximum Gasteiger partial charge on any atom is 0.305 e. The molecule has 1 amide bonds. The summed E-state index contributed by atoms with van der Waals surface area (Å²) in [5.74, 6) is -0.993. The van der Waals surface area contributed by atoms with Crippen molar-refractivity contribution in [2.75, 3.05) is 6.54 Å². The van der Waals surface area contributed by atoms with Crippen molar-refractivity contribution < 1.29 is 14.7 Å². The van der Waals surface area contributed by atoms with Gasteiger partial charge in [-0.2, -0.15) is 0 Å². The number of nitrogens with zero attached hydrogens (tertiary/aromatic N) is 3. The molecule has 2 heterocycles. The zero-order valence-electron chi connectivity index (χ0n) is 10.1. The lowest BCUT2D eigenvalue weighted by Gasteiger charge is -2.34. The molecule has 0 spiro atoms. The Bertz CT molecular complexity index is 460. The highest BCUT2D eigenvalue weighted by Gasteiger charge is 2.30. The topological polar surface area (TPSA) is 83.4 Å². The van der Waals surface area contributed by atoms with Crippen molar-refractivity contribution in [1.82, 2.24) is 14.5 Å². The van der Waals surface area contributed by atoms with E-state index >= 15 is 0 Å². The van der Waals surface area contributed by atoms with Gasteiger partial charge in [-0.3, -0.25) is 9.59 Å². The molecule has 1 atom stereocenters. The van der Waals surface area contributed by atoms with Crippen molar-refractivity contribution >= 4 is 23.4 Å². The third kappa shape index (κ3) is 2.66. The average Bonchev–Trinajstić information content (AvgIpc) is 2.74. The van der Waals surface area contributed by atoms with E-state index in [0.29, 0.717) is 17.1 Å². The SMILES string of the molecule is Cc1nnsc1C(=O)N1CCCCC1CC(=O)O. The van der Waals surface area contributed by atoms with E-state index in [9.17, 15) is 9.59 Å². The Morgan fingerprint density at radius 1 is 1.50 bits per heavy atom. The number of rotatable bonds is 3. The Kier molecular flexibility index (Phi) is 3.90. The number of amides is 1. The second kappa shape index (κ2) is 5.43. The van der Waals surface area contributed by atoms with E-state index in [2.05, 4.69) is 9.59 Å². The van der Waals surface area contributed by atoms with Crippen LogP contribution < -0.4 is 0 Å². The molecule has 1 fully saturated rings. The maximum absolute atomic E-state index is 12.3. The molecule has 1 aromatic rings. The quantitative estimate of drug-likeness (QED) is 0.894. The number of carboxylic acid groups (broad SMARTS) is 1. The molecular weight excluding hydrogens is 254 g/mol. The Morgan fingerprint density at radius 2 is 2.28 bits per heavy atom. The smallest absolute Gasteiger partial charge is 0.305 e. The number of likely N-dealkylation sites (tertiary alicyclic amines) is 1. The van der Waals surface area contributed by atoms with Gasteiger partial charge in [0.05, 0.1) is 12.1 Å². The second-order valence-electron chi connectivity index (χ2n) is 4.43. The number of carbonyl (C=O) groups excluding carboxylic acids is 1. The average molecular weight is 269 g/mol. The summed E-state index contributed by atoms with van der Waals surface area (Å²) < 4.78 is 3.75. The molecule has 1 aliphatic heterocycles. The first-order chi connectivity index (χ1) is 8.59. The molecule has 98 valence electrons. The van der Waals surface area contributed by atoms with E-state index in [0.717, 1.165) is 30.8 Å². The summed E-state index contributed by atoms with van der Waals surface area (Å²) in [5.41, 5.74) is 0.615. The van der Waals surface area contributed by atoms with Gasteiger partial charge in [0.1, 0.15) is 4.88 Å². The van der Waals surface area contributed by atoms with Crippen molar-refractivity contribution in [3.8, 4) is 0 Å². The number of aliphatic carboxylic acids is 1. The van der Waals surface area contributed by atoms with Crippen LogP contribution >= 0.6 is 11.5 Å². The summed E-state index contributed by atoms with van der Waals surface area (Å²) in [4.78, 5) is 25.4. The number of aryl methyl sites for hydroxylation is 1. The van der Waals surface area contributed by atoms with Gasteiger partial charge in [0.15, 0.2) is 0 Å². The van der Waals surface area contributed by atoms with Crippen LogP contribution in [0.4, 0.5) is 0 Å². The molecular formula is C11H15N3O3S. The predicted octanol–water partition coefficient (Wildman–Crippen LogP) is 1.32. The fraction of sp³-hybridized carbons (Fsp3) is 0.636. The summed E-state index contributed by atoms with van der Waals surface area (Å²) >= 11 is 1.07. The van der Waals surface area contributed by atoms with E-state index in [1.165, 1.54) is 0 Å². The van der Waals surface area contributed by atoms with Gasteiger partial charge in [-0.1, -0.05) is 4.49 Å². The number of carboxylic acids is 1. The van der Waals surface area contributed by atoms with Crippen LogP contribution in [0.5, 0.6) is 0 Å². The largest absolute Gasteiger partial charge is 0.481 e. The van der Waals surface area contributed by atoms with Gasteiger partial charge in [-0.15, -0.1) is 5.10 Å². The molecule has 18 heavy (non-hydrogen) atoms. The Balaban J connectivity index is 2.16. The van der Waals surface area contributed by atoms with Crippen molar-refractivity contribution in [1.29, 1.82) is 0 Å². The summed E-state index contributed by atoms with van der Waals surface area (Å²) in [6.45, 7) is 2.36. The molecule has 7 heteroatoms. The van der Waals surface area contributed by atoms with Crippen LogP contribution in [-0.4, -0.2) is 44.1 Å². The van der Waals surface area contributed by atoms with Crippen molar-refractivity contribution in [2.24, 2.45) is 0 Å². The fourth-order valence-corrected chi connectivity index (χ4v) is 2.85. The van der Waals surface area contributed by atoms with Gasteiger partial charge < -0.3 is 10.0 Å². The molecule has 0 radical (unpaired) electrons. The first-order valence-corrected chi connectivity index (χ1v) is 6.68. The normalized spacial score (nSPS) is 19.8. The molecule has 1 aromatic heterocycles. The zero-order chi connectivity index (χ0) is 13.1. The lowest BCUT2D eigenvalue weighted by atomic mass is 9.99. The molecule has 0 saturated carbocycles. The van der Waals surface area contributed by atoms with Crippen LogP contribution in [0.25, 0.3) is 0 Å². The standard InChI is InChI=1S/C11H15N3O3S/c1-7-10(18-13-12-7)11(17)14-5-3-2-4-8(14)6-9(15)16/h8H,2-6H2,1H3,(H,15,16). The molecule has 2 rings (SSSR count). The van der Waals surface area contributed by atoms with Crippen LogP contribution in [-0.2, 0) is 4.79 Å². The van der Waals surface area contributed by atoms with Crippen molar-refractivity contribution in [3.05, 3.63) is 10.6 Å². The van der Waals surface area contributed by atoms with Crippen molar-refractivity contribution in [3.63, 3.8) is 0 Å². The molecule has 1 saturated heterocycles. The van der Waals surface area contributed by atoms with Gasteiger partial charge in [0.2, 0.25) is 0 Å². The number of piperidine rings is 1. The van der Waals surface area contributed by atoms with Crippen LogP contribution in [0, 0.1) is 6.92 Å². The predicted molar refractivity (Wildman–Crippen MR) is 65.6 cm³/mol. The second-order valence-corrected chi connectivity index (χ2v) is 5.19. The molecule has 0 bridgehead atoms. The summed E-state index contributed by atoms with van der Waals surface area (Å²) in [7, 11) is 0. The van der Waals surface area contributed by atoms with Gasteiger partial charge in [-0.05, 0) is 37.7 Å². The first kappa shape index (κ1) is 12.9. The maximum atomic E-state index is 12.3. The highest BCUT2D eigenvalue weighted by atomic mass is 32.1. The Morgan fingerprint density at radius 3 is 2.89 bits per heavy atom. The minimum Gasteiger partial charge on any atom is -0.481 e. The molecule has 0 aliphatic carbocycles. The summed E-state index contributed by atoms with van der Waals surface area (Å²) in [5, 5.41) is 12.7. The molecule has 0 aromatic carbocycles. The van der Waals surface area contributed by atoms with E-state index in [4.69, 9.17) is 5.11 Å². The first-order valence-electron chi connectivity index (χ1n) is 5.91.